The van der Waals surface area contributed by atoms with E-state index in [1.165, 1.54) is 0 Å². The third kappa shape index (κ3) is 4.02. The fourth-order valence-corrected chi connectivity index (χ4v) is 1.43. The molecule has 2 rings (SSSR count). The van der Waals surface area contributed by atoms with Crippen LogP contribution in [0.25, 0.3) is 0 Å². The number of hydrogen-bond donors (Lipinski definition) is 2. The highest BCUT2D eigenvalue weighted by Crippen LogP contribution is 2.09. The van der Waals surface area contributed by atoms with E-state index in [1.807, 2.05) is 30.3 Å². The monoisotopic (exact) mass is 262 g/mol. The summed E-state index contributed by atoms with van der Waals surface area (Å²) in [6, 6.07) is 9.73. The number of carboxylic acids is 1. The molecule has 0 atom stereocenters. The van der Waals surface area contributed by atoms with Gasteiger partial charge in [-0.25, -0.2) is 4.79 Å². The molecular formula is C13H14N2O4. The Morgan fingerprint density at radius 2 is 2.16 bits per heavy atom. The number of rotatable bonds is 7. The first-order chi connectivity index (χ1) is 9.25. The van der Waals surface area contributed by atoms with E-state index in [4.69, 9.17) is 14.3 Å². The summed E-state index contributed by atoms with van der Waals surface area (Å²) in [5.74, 6) is -0.281. The van der Waals surface area contributed by atoms with Gasteiger partial charge in [-0.3, -0.25) is 0 Å². The number of para-hydroxylation sites is 1. The van der Waals surface area contributed by atoms with E-state index in [0.717, 1.165) is 18.4 Å². The van der Waals surface area contributed by atoms with E-state index in [9.17, 15) is 4.79 Å². The van der Waals surface area contributed by atoms with Crippen molar-refractivity contribution >= 4 is 12.0 Å². The summed E-state index contributed by atoms with van der Waals surface area (Å²) in [4.78, 5) is 14.3. The van der Waals surface area contributed by atoms with Gasteiger partial charge in [0.25, 0.3) is 6.01 Å². The Bertz CT molecular complexity index is 524. The maximum atomic E-state index is 10.6. The van der Waals surface area contributed by atoms with E-state index in [2.05, 4.69) is 10.3 Å². The lowest BCUT2D eigenvalue weighted by Crippen LogP contribution is -2.07. The third-order valence-electron chi connectivity index (χ3n) is 2.33. The fourth-order valence-electron chi connectivity index (χ4n) is 1.43. The van der Waals surface area contributed by atoms with Crippen LogP contribution in [0.4, 0.5) is 6.01 Å². The lowest BCUT2D eigenvalue weighted by atomic mass is 10.3. The average molecular weight is 262 g/mol. The van der Waals surface area contributed by atoms with Crippen LogP contribution in [0.3, 0.4) is 0 Å². The second kappa shape index (κ2) is 6.44. The topological polar surface area (TPSA) is 84.6 Å². The van der Waals surface area contributed by atoms with Crippen molar-refractivity contribution in [1.29, 1.82) is 0 Å². The molecule has 6 nitrogen and oxygen atoms in total. The second-order valence-electron chi connectivity index (χ2n) is 3.78. The maximum absolute atomic E-state index is 10.6. The Labute approximate surface area is 110 Å². The van der Waals surface area contributed by atoms with E-state index in [0.29, 0.717) is 13.2 Å². The minimum atomic E-state index is -1.11. The largest absolute Gasteiger partial charge is 0.494 e. The Morgan fingerprint density at radius 1 is 1.37 bits per heavy atom. The Hall–Kier alpha value is -2.50. The molecule has 0 fully saturated rings. The summed E-state index contributed by atoms with van der Waals surface area (Å²) in [5, 5.41) is 11.5. The van der Waals surface area contributed by atoms with Gasteiger partial charge in [-0.2, -0.15) is 4.98 Å². The number of benzene rings is 1. The quantitative estimate of drug-likeness (QED) is 0.744. The Balaban J connectivity index is 1.65. The number of carbonyl (C=O) groups is 1. The molecule has 0 bridgehead atoms. The SMILES string of the molecule is O=C(O)c1coc(NCCCOc2ccccc2)n1. The molecule has 2 aromatic rings. The fraction of sp³-hybridized carbons (Fsp3) is 0.231. The molecule has 19 heavy (non-hydrogen) atoms. The molecule has 0 amide bonds. The van der Waals surface area contributed by atoms with Crippen LogP contribution in [-0.4, -0.2) is 29.2 Å². The van der Waals surface area contributed by atoms with Gasteiger partial charge in [0, 0.05) is 6.54 Å². The van der Waals surface area contributed by atoms with E-state index >= 15 is 0 Å². The molecule has 2 N–H and O–H groups in total. The predicted octanol–water partition coefficient (Wildman–Crippen LogP) is 2.25. The molecule has 1 aromatic carbocycles. The molecule has 100 valence electrons. The summed E-state index contributed by atoms with van der Waals surface area (Å²) >= 11 is 0. The molecule has 6 heteroatoms. The minimum absolute atomic E-state index is 0.108. The zero-order chi connectivity index (χ0) is 13.5. The van der Waals surface area contributed by atoms with Gasteiger partial charge in [-0.05, 0) is 18.6 Å². The number of aromatic carboxylic acids is 1. The first kappa shape index (κ1) is 12.9. The van der Waals surface area contributed by atoms with Gasteiger partial charge in [0.15, 0.2) is 5.69 Å². The number of anilines is 1. The number of aromatic nitrogens is 1. The number of hydrogen-bond acceptors (Lipinski definition) is 5. The zero-order valence-electron chi connectivity index (χ0n) is 10.2. The first-order valence-electron chi connectivity index (χ1n) is 5.86. The Kier molecular flexibility index (Phi) is 4.39. The first-order valence-corrected chi connectivity index (χ1v) is 5.86. The number of nitrogens with one attached hydrogen (secondary N) is 1. The second-order valence-corrected chi connectivity index (χ2v) is 3.78. The summed E-state index contributed by atoms with van der Waals surface area (Å²) in [6.45, 7) is 1.15. The number of carboxylic acid groups (broad SMARTS) is 1. The minimum Gasteiger partial charge on any atom is -0.494 e. The molecule has 0 unspecified atom stereocenters. The maximum Gasteiger partial charge on any atom is 0.357 e. The number of nitrogens with zero attached hydrogens (tertiary/aromatic N) is 1. The molecule has 0 aliphatic carbocycles. The number of ether oxygens (including phenoxy) is 1. The van der Waals surface area contributed by atoms with Crippen molar-refractivity contribution in [2.24, 2.45) is 0 Å². The van der Waals surface area contributed by atoms with Gasteiger partial charge in [0.05, 0.1) is 6.61 Å². The molecule has 1 aromatic heterocycles. The summed E-state index contributed by atoms with van der Waals surface area (Å²) in [5.41, 5.74) is -0.108. The molecule has 0 radical (unpaired) electrons. The average Bonchev–Trinajstić information content (AvgIpc) is 2.89. The molecule has 1 heterocycles. The van der Waals surface area contributed by atoms with E-state index in [-0.39, 0.29) is 11.7 Å². The summed E-state index contributed by atoms with van der Waals surface area (Å²) in [6.07, 6.45) is 1.85. The Morgan fingerprint density at radius 3 is 2.84 bits per heavy atom. The normalized spacial score (nSPS) is 10.1. The number of oxazole rings is 1. The van der Waals surface area contributed by atoms with Gasteiger partial charge in [-0.15, -0.1) is 0 Å². The van der Waals surface area contributed by atoms with Crippen LogP contribution < -0.4 is 10.1 Å². The summed E-state index contributed by atoms with van der Waals surface area (Å²) in [7, 11) is 0. The van der Waals surface area contributed by atoms with E-state index < -0.39 is 5.97 Å². The van der Waals surface area contributed by atoms with Crippen LogP contribution in [0.15, 0.2) is 41.0 Å². The van der Waals surface area contributed by atoms with Crippen LogP contribution >= 0.6 is 0 Å². The van der Waals surface area contributed by atoms with Crippen molar-refractivity contribution in [2.75, 3.05) is 18.5 Å². The highest BCUT2D eigenvalue weighted by Gasteiger charge is 2.09. The van der Waals surface area contributed by atoms with Gasteiger partial charge in [-0.1, -0.05) is 18.2 Å². The van der Waals surface area contributed by atoms with Crippen molar-refractivity contribution in [3.63, 3.8) is 0 Å². The van der Waals surface area contributed by atoms with Crippen molar-refractivity contribution in [1.82, 2.24) is 4.98 Å². The molecule has 0 saturated heterocycles. The van der Waals surface area contributed by atoms with Gasteiger partial charge >= 0.3 is 5.97 Å². The summed E-state index contributed by atoms with van der Waals surface area (Å²) < 4.78 is 10.4. The van der Waals surface area contributed by atoms with Crippen molar-refractivity contribution in [3.05, 3.63) is 42.3 Å². The van der Waals surface area contributed by atoms with Crippen LogP contribution in [0.2, 0.25) is 0 Å². The predicted molar refractivity (Wildman–Crippen MR) is 68.5 cm³/mol. The van der Waals surface area contributed by atoms with Crippen molar-refractivity contribution in [3.8, 4) is 5.75 Å². The smallest absolute Gasteiger partial charge is 0.357 e. The van der Waals surface area contributed by atoms with Crippen LogP contribution in [0, 0.1) is 0 Å². The third-order valence-corrected chi connectivity index (χ3v) is 2.33. The van der Waals surface area contributed by atoms with Gasteiger partial charge < -0.3 is 19.6 Å². The standard InChI is InChI=1S/C13H14N2O4/c16-12(17)11-9-19-13(15-11)14-7-4-8-18-10-5-2-1-3-6-10/h1-3,5-6,9H,4,7-8H2,(H,14,15)(H,16,17). The highest BCUT2D eigenvalue weighted by atomic mass is 16.5. The van der Waals surface area contributed by atoms with Crippen molar-refractivity contribution < 1.29 is 19.1 Å². The lowest BCUT2D eigenvalue weighted by molar-refractivity contribution is 0.0690. The van der Waals surface area contributed by atoms with E-state index in [1.54, 1.807) is 0 Å². The van der Waals surface area contributed by atoms with Crippen LogP contribution in [0.1, 0.15) is 16.9 Å². The molecule has 0 aliphatic heterocycles. The van der Waals surface area contributed by atoms with Crippen LogP contribution in [0.5, 0.6) is 5.75 Å². The lowest BCUT2D eigenvalue weighted by Gasteiger charge is -2.05. The van der Waals surface area contributed by atoms with Gasteiger partial charge in [0.2, 0.25) is 0 Å². The molecule has 0 aliphatic rings. The zero-order valence-corrected chi connectivity index (χ0v) is 10.2. The molecule has 0 saturated carbocycles. The van der Waals surface area contributed by atoms with Gasteiger partial charge in [0.1, 0.15) is 12.0 Å². The van der Waals surface area contributed by atoms with Crippen LogP contribution in [-0.2, 0) is 0 Å². The molecular weight excluding hydrogens is 248 g/mol. The highest BCUT2D eigenvalue weighted by molar-refractivity contribution is 5.85. The van der Waals surface area contributed by atoms with Crippen molar-refractivity contribution in [2.45, 2.75) is 6.42 Å². The molecule has 0 spiro atoms.